The van der Waals surface area contributed by atoms with Gasteiger partial charge in [0.25, 0.3) is 0 Å². The minimum absolute atomic E-state index is 0.374. The number of nitrogens with two attached hydrogens (primary N) is 1. The molecule has 0 unspecified atom stereocenters. The Morgan fingerprint density at radius 2 is 1.85 bits per heavy atom. The van der Waals surface area contributed by atoms with Crippen LogP contribution >= 0.6 is 15.9 Å². The highest BCUT2D eigenvalue weighted by atomic mass is 79.9. The van der Waals surface area contributed by atoms with E-state index in [1.807, 2.05) is 12.1 Å². The van der Waals surface area contributed by atoms with Gasteiger partial charge in [-0.1, -0.05) is 0 Å². The molecular formula is C13H9BrFN5. The molecule has 0 atom stereocenters. The van der Waals surface area contributed by atoms with E-state index in [0.29, 0.717) is 21.7 Å². The van der Waals surface area contributed by atoms with Crippen LogP contribution in [0.2, 0.25) is 0 Å². The molecule has 0 amide bonds. The highest BCUT2D eigenvalue weighted by Crippen LogP contribution is 2.23. The van der Waals surface area contributed by atoms with Gasteiger partial charge < -0.3 is 5.73 Å². The zero-order valence-corrected chi connectivity index (χ0v) is 11.7. The van der Waals surface area contributed by atoms with Gasteiger partial charge >= 0.3 is 0 Å². The van der Waals surface area contributed by atoms with Gasteiger partial charge in [0.2, 0.25) is 0 Å². The number of aromatic nitrogens is 4. The van der Waals surface area contributed by atoms with Crippen LogP contribution in [0.25, 0.3) is 17.1 Å². The van der Waals surface area contributed by atoms with E-state index in [-0.39, 0.29) is 5.82 Å². The maximum atomic E-state index is 13.6. The van der Waals surface area contributed by atoms with Gasteiger partial charge in [0, 0.05) is 17.3 Å². The van der Waals surface area contributed by atoms with Crippen molar-refractivity contribution in [2.24, 2.45) is 0 Å². The van der Waals surface area contributed by atoms with Crippen LogP contribution in [0, 0.1) is 5.82 Å². The monoisotopic (exact) mass is 333 g/mol. The number of anilines is 1. The molecule has 7 heteroatoms. The summed E-state index contributed by atoms with van der Waals surface area (Å²) in [6.07, 6.45) is 0. The van der Waals surface area contributed by atoms with Crippen LogP contribution in [0.3, 0.4) is 0 Å². The quantitative estimate of drug-likeness (QED) is 0.732. The van der Waals surface area contributed by atoms with Gasteiger partial charge in [0.1, 0.15) is 5.82 Å². The zero-order chi connectivity index (χ0) is 14.1. The van der Waals surface area contributed by atoms with Crippen molar-refractivity contribution in [3.63, 3.8) is 0 Å². The zero-order valence-electron chi connectivity index (χ0n) is 10.2. The van der Waals surface area contributed by atoms with Gasteiger partial charge in [0.05, 0.1) is 10.2 Å². The Bertz CT molecular complexity index is 754. The maximum Gasteiger partial charge on any atom is 0.187 e. The largest absolute Gasteiger partial charge is 0.399 e. The second kappa shape index (κ2) is 5.01. The highest BCUT2D eigenvalue weighted by Gasteiger charge is 2.12. The Labute approximate surface area is 122 Å². The molecule has 0 aliphatic rings. The van der Waals surface area contributed by atoms with Crippen LogP contribution in [0.4, 0.5) is 10.1 Å². The van der Waals surface area contributed by atoms with Gasteiger partial charge in [-0.15, -0.1) is 5.10 Å². The van der Waals surface area contributed by atoms with Gasteiger partial charge in [-0.25, -0.2) is 4.39 Å². The number of rotatable bonds is 2. The predicted molar refractivity (Wildman–Crippen MR) is 76.7 cm³/mol. The third-order valence-electron chi connectivity index (χ3n) is 2.79. The van der Waals surface area contributed by atoms with E-state index < -0.39 is 0 Å². The second-order valence-electron chi connectivity index (χ2n) is 4.13. The van der Waals surface area contributed by atoms with E-state index in [9.17, 15) is 4.39 Å². The SMILES string of the molecule is Nc1ccc(-c2nnnn2-c2ccc(Br)c(F)c2)cc1. The van der Waals surface area contributed by atoms with Crippen molar-refractivity contribution < 1.29 is 4.39 Å². The molecule has 20 heavy (non-hydrogen) atoms. The molecule has 2 N–H and O–H groups in total. The minimum Gasteiger partial charge on any atom is -0.399 e. The molecule has 2 aromatic carbocycles. The van der Waals surface area contributed by atoms with Crippen molar-refractivity contribution in [2.45, 2.75) is 0 Å². The van der Waals surface area contributed by atoms with Crippen molar-refractivity contribution in [2.75, 3.05) is 5.73 Å². The number of nitrogens with zero attached hydrogens (tertiary/aromatic N) is 4. The molecular weight excluding hydrogens is 325 g/mol. The number of hydrogen-bond acceptors (Lipinski definition) is 4. The molecule has 0 radical (unpaired) electrons. The third-order valence-corrected chi connectivity index (χ3v) is 3.43. The molecule has 0 saturated heterocycles. The van der Waals surface area contributed by atoms with Crippen molar-refractivity contribution >= 4 is 21.6 Å². The Balaban J connectivity index is 2.10. The first-order chi connectivity index (χ1) is 9.65. The Hall–Kier alpha value is -2.28. The fraction of sp³-hybridized carbons (Fsp3) is 0. The summed E-state index contributed by atoms with van der Waals surface area (Å²) in [5, 5.41) is 11.5. The summed E-state index contributed by atoms with van der Waals surface area (Å²) in [5.41, 5.74) is 7.65. The fourth-order valence-electron chi connectivity index (χ4n) is 1.79. The Morgan fingerprint density at radius 3 is 2.55 bits per heavy atom. The molecule has 0 saturated carbocycles. The fourth-order valence-corrected chi connectivity index (χ4v) is 2.04. The van der Waals surface area contributed by atoms with Crippen LogP contribution in [-0.2, 0) is 0 Å². The molecule has 0 fully saturated rings. The average molecular weight is 334 g/mol. The summed E-state index contributed by atoms with van der Waals surface area (Å²) in [5.74, 6) is 0.146. The average Bonchev–Trinajstić information content (AvgIpc) is 2.92. The smallest absolute Gasteiger partial charge is 0.187 e. The van der Waals surface area contributed by atoms with Gasteiger partial charge in [-0.05, 0) is 62.8 Å². The molecule has 3 rings (SSSR count). The Morgan fingerprint density at radius 1 is 1.10 bits per heavy atom. The highest BCUT2D eigenvalue weighted by molar-refractivity contribution is 9.10. The molecule has 1 aromatic heterocycles. The number of tetrazole rings is 1. The summed E-state index contributed by atoms with van der Waals surface area (Å²) in [4.78, 5) is 0. The number of nitrogen functional groups attached to an aromatic ring is 1. The molecule has 5 nitrogen and oxygen atoms in total. The summed E-state index contributed by atoms with van der Waals surface area (Å²) in [7, 11) is 0. The Kier molecular flexibility index (Phi) is 3.19. The van der Waals surface area contributed by atoms with Crippen LogP contribution in [-0.4, -0.2) is 20.2 Å². The van der Waals surface area contributed by atoms with E-state index in [4.69, 9.17) is 5.73 Å². The van der Waals surface area contributed by atoms with Gasteiger partial charge in [-0.3, -0.25) is 0 Å². The van der Waals surface area contributed by atoms with E-state index >= 15 is 0 Å². The third kappa shape index (κ3) is 2.27. The number of benzene rings is 2. The normalized spacial score (nSPS) is 10.7. The molecule has 0 aliphatic carbocycles. The molecule has 1 heterocycles. The van der Waals surface area contributed by atoms with Crippen molar-refractivity contribution in [3.8, 4) is 17.1 Å². The minimum atomic E-state index is -0.374. The predicted octanol–water partition coefficient (Wildman–Crippen LogP) is 2.81. The number of halogens is 2. The molecule has 100 valence electrons. The summed E-state index contributed by atoms with van der Waals surface area (Å²) < 4.78 is 15.5. The first-order valence-electron chi connectivity index (χ1n) is 5.75. The lowest BCUT2D eigenvalue weighted by molar-refractivity contribution is 0.618. The molecule has 0 aliphatic heterocycles. The van der Waals surface area contributed by atoms with Crippen molar-refractivity contribution in [1.29, 1.82) is 0 Å². The lowest BCUT2D eigenvalue weighted by Gasteiger charge is -2.05. The molecule has 0 bridgehead atoms. The van der Waals surface area contributed by atoms with Crippen molar-refractivity contribution in [3.05, 3.63) is 52.8 Å². The lowest BCUT2D eigenvalue weighted by Crippen LogP contribution is -2.00. The first kappa shape index (κ1) is 12.7. The van der Waals surface area contributed by atoms with Crippen molar-refractivity contribution in [1.82, 2.24) is 20.2 Å². The molecule has 3 aromatic rings. The van der Waals surface area contributed by atoms with Gasteiger partial charge in [0.15, 0.2) is 5.82 Å². The second-order valence-corrected chi connectivity index (χ2v) is 4.99. The van der Waals surface area contributed by atoms with Crippen LogP contribution in [0.5, 0.6) is 0 Å². The van der Waals surface area contributed by atoms with E-state index in [2.05, 4.69) is 31.5 Å². The van der Waals surface area contributed by atoms with E-state index in [1.54, 1.807) is 24.3 Å². The first-order valence-corrected chi connectivity index (χ1v) is 6.54. The maximum absolute atomic E-state index is 13.6. The molecule has 0 spiro atoms. The summed E-state index contributed by atoms with van der Waals surface area (Å²) in [6.45, 7) is 0. The lowest BCUT2D eigenvalue weighted by atomic mass is 10.2. The number of hydrogen-bond donors (Lipinski definition) is 1. The summed E-state index contributed by atoms with van der Waals surface area (Å²) in [6, 6.07) is 11.8. The van der Waals surface area contributed by atoms with Gasteiger partial charge in [-0.2, -0.15) is 4.68 Å². The van der Waals surface area contributed by atoms with Crippen LogP contribution < -0.4 is 5.73 Å². The van der Waals surface area contributed by atoms with Crippen LogP contribution in [0.15, 0.2) is 46.9 Å². The van der Waals surface area contributed by atoms with Crippen LogP contribution in [0.1, 0.15) is 0 Å². The topological polar surface area (TPSA) is 69.6 Å². The summed E-state index contributed by atoms with van der Waals surface area (Å²) >= 11 is 3.11. The van der Waals surface area contributed by atoms with E-state index in [1.165, 1.54) is 10.7 Å². The standard InChI is InChI=1S/C13H9BrFN5/c14-11-6-5-10(7-12(11)15)20-13(17-18-19-20)8-1-3-9(16)4-2-8/h1-7H,16H2. The van der Waals surface area contributed by atoms with E-state index in [0.717, 1.165) is 5.56 Å².